The minimum absolute atomic E-state index is 0.0594. The molecule has 2 nitrogen and oxygen atoms in total. The Hall–Kier alpha value is -0.840. The number of benzene rings is 1. The predicted molar refractivity (Wildman–Crippen MR) is 86.5 cm³/mol. The lowest BCUT2D eigenvalue weighted by molar-refractivity contribution is 0.0738. The van der Waals surface area contributed by atoms with Gasteiger partial charge in [-0.3, -0.25) is 4.79 Å². The van der Waals surface area contributed by atoms with Gasteiger partial charge in [-0.05, 0) is 42.5 Å². The molecule has 0 N–H and O–H groups in total. The molecule has 5 heteroatoms. The second-order valence-electron chi connectivity index (χ2n) is 4.83. The van der Waals surface area contributed by atoms with Crippen molar-refractivity contribution in [2.75, 3.05) is 6.54 Å². The van der Waals surface area contributed by atoms with Gasteiger partial charge in [-0.15, -0.1) is 11.3 Å². The third-order valence-electron chi connectivity index (χ3n) is 3.49. The lowest BCUT2D eigenvalue weighted by atomic mass is 10.1. The minimum atomic E-state index is 0.0594. The molecule has 1 aromatic carbocycles. The summed E-state index contributed by atoms with van der Waals surface area (Å²) in [6, 6.07) is 9.71. The van der Waals surface area contributed by atoms with E-state index in [1.165, 1.54) is 4.88 Å². The smallest absolute Gasteiger partial charge is 0.254 e. The molecule has 0 radical (unpaired) electrons. The quantitative estimate of drug-likeness (QED) is 0.716. The first kappa shape index (κ1) is 14.1. The molecule has 0 bridgehead atoms. The highest BCUT2D eigenvalue weighted by Gasteiger charge is 2.31. The number of carbonyl (C=O) groups is 1. The Morgan fingerprint density at radius 1 is 1.40 bits per heavy atom. The van der Waals surface area contributed by atoms with Crippen molar-refractivity contribution in [2.45, 2.75) is 18.9 Å². The van der Waals surface area contributed by atoms with Crippen LogP contribution in [0.25, 0.3) is 0 Å². The number of likely N-dealkylation sites (tertiary alicyclic amines) is 1. The minimum Gasteiger partial charge on any atom is -0.331 e. The third kappa shape index (κ3) is 2.78. The largest absolute Gasteiger partial charge is 0.331 e. The number of halogens is 2. The van der Waals surface area contributed by atoms with Crippen LogP contribution in [-0.4, -0.2) is 17.4 Å². The first-order chi connectivity index (χ1) is 9.65. The Bertz CT molecular complexity index is 609. The molecule has 1 aliphatic rings. The number of hydrogen-bond acceptors (Lipinski definition) is 2. The van der Waals surface area contributed by atoms with Gasteiger partial charge in [0.1, 0.15) is 0 Å². The molecule has 1 unspecified atom stereocenters. The van der Waals surface area contributed by atoms with E-state index in [-0.39, 0.29) is 11.9 Å². The summed E-state index contributed by atoms with van der Waals surface area (Å²) in [4.78, 5) is 15.9. The number of hydrogen-bond donors (Lipinski definition) is 0. The van der Waals surface area contributed by atoms with Crippen molar-refractivity contribution in [1.82, 2.24) is 4.90 Å². The van der Waals surface area contributed by atoms with Gasteiger partial charge in [0.25, 0.3) is 5.91 Å². The molecule has 0 aliphatic carbocycles. The average Bonchev–Trinajstić information content (AvgIpc) is 3.07. The summed E-state index contributed by atoms with van der Waals surface area (Å²) in [5, 5.41) is 2.64. The van der Waals surface area contributed by atoms with Crippen LogP contribution in [0.5, 0.6) is 0 Å². The van der Waals surface area contributed by atoms with Crippen LogP contribution in [0.1, 0.15) is 34.1 Å². The average molecular weight is 371 g/mol. The SMILES string of the molecule is O=C(c1cc(Cl)cc(Br)c1)N1CCCC1c1cccs1. The molecule has 1 saturated heterocycles. The van der Waals surface area contributed by atoms with E-state index >= 15 is 0 Å². The number of carbonyl (C=O) groups excluding carboxylic acids is 1. The van der Waals surface area contributed by atoms with E-state index < -0.39 is 0 Å². The van der Waals surface area contributed by atoms with E-state index in [0.29, 0.717) is 10.6 Å². The predicted octanol–water partition coefficient (Wildman–Crippen LogP) is 5.14. The first-order valence-corrected chi connectivity index (χ1v) is 8.50. The van der Waals surface area contributed by atoms with Gasteiger partial charge in [0.15, 0.2) is 0 Å². The highest BCUT2D eigenvalue weighted by atomic mass is 79.9. The fourth-order valence-corrected chi connectivity index (χ4v) is 4.36. The number of thiophene rings is 1. The van der Waals surface area contributed by atoms with Crippen LogP contribution in [0.15, 0.2) is 40.2 Å². The molecule has 1 atom stereocenters. The molecule has 0 saturated carbocycles. The molecule has 1 amide bonds. The van der Waals surface area contributed by atoms with Crippen LogP contribution in [0.4, 0.5) is 0 Å². The van der Waals surface area contributed by atoms with E-state index in [1.807, 2.05) is 17.0 Å². The monoisotopic (exact) mass is 369 g/mol. The zero-order valence-electron chi connectivity index (χ0n) is 10.7. The summed E-state index contributed by atoms with van der Waals surface area (Å²) < 4.78 is 0.834. The Balaban J connectivity index is 1.89. The molecule has 1 fully saturated rings. The highest BCUT2D eigenvalue weighted by molar-refractivity contribution is 9.10. The van der Waals surface area contributed by atoms with Gasteiger partial charge in [-0.1, -0.05) is 33.6 Å². The summed E-state index contributed by atoms with van der Waals surface area (Å²) in [5.74, 6) is 0.0594. The van der Waals surface area contributed by atoms with Crippen LogP contribution >= 0.6 is 38.9 Å². The lowest BCUT2D eigenvalue weighted by Crippen LogP contribution is -2.30. The maximum absolute atomic E-state index is 12.7. The van der Waals surface area contributed by atoms with Gasteiger partial charge in [-0.2, -0.15) is 0 Å². The van der Waals surface area contributed by atoms with E-state index in [2.05, 4.69) is 27.4 Å². The summed E-state index contributed by atoms with van der Waals surface area (Å²) in [6.07, 6.45) is 2.09. The zero-order chi connectivity index (χ0) is 14.1. The number of nitrogens with zero attached hydrogens (tertiary/aromatic N) is 1. The van der Waals surface area contributed by atoms with Crippen molar-refractivity contribution < 1.29 is 4.79 Å². The molecule has 2 aromatic rings. The molecule has 104 valence electrons. The van der Waals surface area contributed by atoms with Gasteiger partial charge in [0.2, 0.25) is 0 Å². The molecule has 0 spiro atoms. The Morgan fingerprint density at radius 3 is 2.95 bits per heavy atom. The van der Waals surface area contributed by atoms with Gasteiger partial charge in [0, 0.05) is 26.5 Å². The summed E-state index contributed by atoms with van der Waals surface area (Å²) in [7, 11) is 0. The van der Waals surface area contributed by atoms with Gasteiger partial charge < -0.3 is 4.90 Å². The Morgan fingerprint density at radius 2 is 2.25 bits per heavy atom. The molecule has 1 aliphatic heterocycles. The third-order valence-corrected chi connectivity index (χ3v) is 5.14. The van der Waals surface area contributed by atoms with E-state index in [0.717, 1.165) is 23.9 Å². The van der Waals surface area contributed by atoms with Gasteiger partial charge in [0.05, 0.1) is 6.04 Å². The van der Waals surface area contributed by atoms with Crippen molar-refractivity contribution in [3.63, 3.8) is 0 Å². The van der Waals surface area contributed by atoms with Crippen molar-refractivity contribution >= 4 is 44.8 Å². The lowest BCUT2D eigenvalue weighted by Gasteiger charge is -2.24. The van der Waals surface area contributed by atoms with Crippen LogP contribution in [0.3, 0.4) is 0 Å². The number of amides is 1. The standard InChI is InChI=1S/C15H13BrClNOS/c16-11-7-10(8-12(17)9-11)15(19)18-5-1-3-13(18)14-4-2-6-20-14/h2,4,6-9,13H,1,3,5H2. The van der Waals surface area contributed by atoms with Gasteiger partial charge in [-0.25, -0.2) is 0 Å². The van der Waals surface area contributed by atoms with E-state index in [9.17, 15) is 4.79 Å². The summed E-state index contributed by atoms with van der Waals surface area (Å²) in [6.45, 7) is 0.811. The van der Waals surface area contributed by atoms with Gasteiger partial charge >= 0.3 is 0 Å². The molecular formula is C15H13BrClNOS. The molecule has 20 heavy (non-hydrogen) atoms. The fraction of sp³-hybridized carbons (Fsp3) is 0.267. The van der Waals surface area contributed by atoms with Crippen LogP contribution in [-0.2, 0) is 0 Å². The first-order valence-electron chi connectivity index (χ1n) is 6.45. The Labute approximate surface area is 135 Å². The Kier molecular flexibility index (Phi) is 4.15. The fourth-order valence-electron chi connectivity index (χ4n) is 2.63. The highest BCUT2D eigenvalue weighted by Crippen LogP contribution is 2.35. The van der Waals surface area contributed by atoms with Crippen molar-refractivity contribution in [1.29, 1.82) is 0 Å². The zero-order valence-corrected chi connectivity index (χ0v) is 13.8. The maximum atomic E-state index is 12.7. The normalized spacial score (nSPS) is 18.5. The van der Waals surface area contributed by atoms with Crippen LogP contribution in [0, 0.1) is 0 Å². The number of rotatable bonds is 2. The van der Waals surface area contributed by atoms with E-state index in [4.69, 9.17) is 11.6 Å². The van der Waals surface area contributed by atoms with Crippen molar-refractivity contribution in [3.05, 3.63) is 55.6 Å². The molecular weight excluding hydrogens is 358 g/mol. The molecule has 1 aromatic heterocycles. The van der Waals surface area contributed by atoms with Crippen molar-refractivity contribution in [2.24, 2.45) is 0 Å². The van der Waals surface area contributed by atoms with Crippen LogP contribution < -0.4 is 0 Å². The maximum Gasteiger partial charge on any atom is 0.254 e. The molecule has 3 rings (SSSR count). The topological polar surface area (TPSA) is 20.3 Å². The van der Waals surface area contributed by atoms with Crippen molar-refractivity contribution in [3.8, 4) is 0 Å². The summed E-state index contributed by atoms with van der Waals surface area (Å²) in [5.41, 5.74) is 0.646. The second-order valence-corrected chi connectivity index (χ2v) is 7.16. The molecule has 2 heterocycles. The summed E-state index contributed by atoms with van der Waals surface area (Å²) >= 11 is 11.1. The van der Waals surface area contributed by atoms with Crippen LogP contribution in [0.2, 0.25) is 5.02 Å². The second kappa shape index (κ2) is 5.88. The van der Waals surface area contributed by atoms with E-state index in [1.54, 1.807) is 23.5 Å².